The Morgan fingerprint density at radius 3 is 2.37 bits per heavy atom. The molecule has 0 aliphatic heterocycles. The van der Waals surface area contributed by atoms with E-state index < -0.39 is 9.85 Å². The monoisotopic (exact) mass is 372 g/mol. The summed E-state index contributed by atoms with van der Waals surface area (Å²) in [5.41, 5.74) is 0.686. The Hall–Kier alpha value is -3.42. The Morgan fingerprint density at radius 2 is 1.74 bits per heavy atom. The van der Waals surface area contributed by atoms with E-state index in [0.29, 0.717) is 18.6 Å². The van der Waals surface area contributed by atoms with Crippen LogP contribution in [0.15, 0.2) is 48.7 Å². The zero-order valence-corrected chi connectivity index (χ0v) is 14.9. The van der Waals surface area contributed by atoms with Gasteiger partial charge in [0.2, 0.25) is 6.20 Å². The molecule has 0 radical (unpaired) electrons. The Morgan fingerprint density at radius 1 is 1.04 bits per heavy atom. The third kappa shape index (κ3) is 6.10. The Balaban J connectivity index is 2.36. The highest BCUT2D eigenvalue weighted by Crippen LogP contribution is 2.36. The highest BCUT2D eigenvalue weighted by Gasteiger charge is 2.19. The largest absolute Gasteiger partial charge is 0.490 e. The summed E-state index contributed by atoms with van der Waals surface area (Å²) in [6, 6.07) is 12.0. The third-order valence-corrected chi connectivity index (χ3v) is 3.66. The maximum absolute atomic E-state index is 11.4. The van der Waals surface area contributed by atoms with Crippen LogP contribution in [0.1, 0.15) is 30.9 Å². The van der Waals surface area contributed by atoms with Crippen LogP contribution in [0.2, 0.25) is 0 Å². The molecule has 2 aromatic carbocycles. The van der Waals surface area contributed by atoms with Gasteiger partial charge in [-0.05, 0) is 18.1 Å². The molecule has 0 N–H and O–H groups in total. The molecular formula is C19H20N2O6. The molecule has 0 aliphatic rings. The summed E-state index contributed by atoms with van der Waals surface area (Å²) in [4.78, 5) is 20.7. The predicted molar refractivity (Wildman–Crippen MR) is 100 cm³/mol. The van der Waals surface area contributed by atoms with Gasteiger partial charge in [-0.3, -0.25) is 20.2 Å². The third-order valence-electron chi connectivity index (χ3n) is 3.66. The normalized spacial score (nSPS) is 10.7. The number of unbranched alkanes of at least 4 members (excludes halogenated alkanes) is 1. The van der Waals surface area contributed by atoms with Crippen molar-refractivity contribution in [3.05, 3.63) is 80.0 Å². The van der Waals surface area contributed by atoms with Gasteiger partial charge in [0.1, 0.15) is 6.61 Å². The Kier molecular flexibility index (Phi) is 7.30. The second-order valence-electron chi connectivity index (χ2n) is 5.69. The summed E-state index contributed by atoms with van der Waals surface area (Å²) in [6.07, 6.45) is 3.45. The van der Waals surface area contributed by atoms with Crippen molar-refractivity contribution >= 4 is 11.8 Å². The molecule has 0 aromatic heterocycles. The van der Waals surface area contributed by atoms with Crippen LogP contribution in [0, 0.1) is 20.2 Å². The molecule has 27 heavy (non-hydrogen) atoms. The summed E-state index contributed by atoms with van der Waals surface area (Å²) in [5, 5.41) is 21.9. The molecule has 8 heteroatoms. The lowest BCUT2D eigenvalue weighted by Crippen LogP contribution is -2.03. The number of nitrogens with zero attached hydrogens (tertiary/aromatic N) is 2. The van der Waals surface area contributed by atoms with Crippen molar-refractivity contribution in [2.75, 3.05) is 6.61 Å². The van der Waals surface area contributed by atoms with Crippen LogP contribution in [0.4, 0.5) is 5.69 Å². The van der Waals surface area contributed by atoms with Gasteiger partial charge in [-0.25, -0.2) is 0 Å². The second-order valence-corrected chi connectivity index (χ2v) is 5.69. The molecule has 0 atom stereocenters. The number of benzene rings is 2. The Bertz CT molecular complexity index is 820. The number of hydrogen-bond donors (Lipinski definition) is 0. The number of nitro benzene ring substituents is 1. The molecule has 0 unspecified atom stereocenters. The van der Waals surface area contributed by atoms with Gasteiger partial charge in [0.15, 0.2) is 11.5 Å². The van der Waals surface area contributed by atoms with Crippen molar-refractivity contribution in [3.8, 4) is 11.5 Å². The van der Waals surface area contributed by atoms with Crippen molar-refractivity contribution in [3.63, 3.8) is 0 Å². The Labute approximate surface area is 156 Å². The summed E-state index contributed by atoms with van der Waals surface area (Å²) in [5.74, 6) is 0.535. The lowest BCUT2D eigenvalue weighted by Gasteiger charge is -2.14. The first-order valence-electron chi connectivity index (χ1n) is 8.45. The second kappa shape index (κ2) is 9.91. The molecule has 0 bridgehead atoms. The lowest BCUT2D eigenvalue weighted by molar-refractivity contribution is -0.401. The molecule has 2 rings (SSSR count). The van der Waals surface area contributed by atoms with Gasteiger partial charge in [-0.1, -0.05) is 43.7 Å². The van der Waals surface area contributed by atoms with Gasteiger partial charge >= 0.3 is 0 Å². The molecule has 0 saturated heterocycles. The molecule has 2 aromatic rings. The molecule has 0 aliphatic carbocycles. The zero-order valence-electron chi connectivity index (χ0n) is 14.9. The van der Waals surface area contributed by atoms with Gasteiger partial charge in [0.05, 0.1) is 28.1 Å². The smallest absolute Gasteiger partial charge is 0.280 e. The minimum atomic E-state index is -0.679. The quantitative estimate of drug-likeness (QED) is 0.343. The number of ether oxygens (including phenoxy) is 2. The lowest BCUT2D eigenvalue weighted by atomic mass is 10.1. The van der Waals surface area contributed by atoms with Crippen LogP contribution < -0.4 is 9.47 Å². The molecule has 0 heterocycles. The molecule has 142 valence electrons. The van der Waals surface area contributed by atoms with E-state index in [-0.39, 0.29) is 23.6 Å². The van der Waals surface area contributed by atoms with Crippen LogP contribution in [0.3, 0.4) is 0 Å². The van der Waals surface area contributed by atoms with Crippen molar-refractivity contribution in [1.82, 2.24) is 0 Å². The minimum absolute atomic E-state index is 0.0789. The van der Waals surface area contributed by atoms with Crippen molar-refractivity contribution in [2.45, 2.75) is 26.4 Å². The van der Waals surface area contributed by atoms with E-state index in [4.69, 9.17) is 9.47 Å². The summed E-state index contributed by atoms with van der Waals surface area (Å²) in [6.45, 7) is 2.64. The van der Waals surface area contributed by atoms with E-state index in [0.717, 1.165) is 24.5 Å². The van der Waals surface area contributed by atoms with E-state index >= 15 is 0 Å². The van der Waals surface area contributed by atoms with Gasteiger partial charge in [0, 0.05) is 6.08 Å². The highest BCUT2D eigenvalue weighted by molar-refractivity contribution is 5.66. The first-order valence-corrected chi connectivity index (χ1v) is 8.45. The topological polar surface area (TPSA) is 105 Å². The van der Waals surface area contributed by atoms with Crippen LogP contribution in [0.25, 0.3) is 6.08 Å². The van der Waals surface area contributed by atoms with E-state index in [1.165, 1.54) is 12.1 Å². The number of nitro groups is 2. The van der Waals surface area contributed by atoms with Crippen LogP contribution in [-0.2, 0) is 6.61 Å². The van der Waals surface area contributed by atoms with E-state index in [2.05, 4.69) is 0 Å². The molecule has 0 saturated carbocycles. The molecule has 0 fully saturated rings. The zero-order chi connectivity index (χ0) is 19.6. The first kappa shape index (κ1) is 19.9. The fourth-order valence-electron chi connectivity index (χ4n) is 2.29. The van der Waals surface area contributed by atoms with Crippen LogP contribution in [0.5, 0.6) is 11.5 Å². The van der Waals surface area contributed by atoms with Crippen molar-refractivity contribution < 1.29 is 19.3 Å². The van der Waals surface area contributed by atoms with Gasteiger partial charge in [-0.2, -0.15) is 0 Å². The minimum Gasteiger partial charge on any atom is -0.490 e. The molecule has 8 nitrogen and oxygen atoms in total. The average molecular weight is 372 g/mol. The fourth-order valence-corrected chi connectivity index (χ4v) is 2.29. The van der Waals surface area contributed by atoms with Gasteiger partial charge in [0.25, 0.3) is 5.69 Å². The average Bonchev–Trinajstić information content (AvgIpc) is 2.66. The standard InChI is InChI=1S/C19H20N2O6/c1-2-3-11-26-18-12-16(9-10-20(22)23)17(21(24)25)13-19(18)27-14-15-7-5-4-6-8-15/h4-10,12-13H,2-3,11,14H2,1H3/b10-9+. The fraction of sp³-hybridized carbons (Fsp3) is 0.263. The maximum Gasteiger partial charge on any atom is 0.280 e. The van der Waals surface area contributed by atoms with E-state index in [1.54, 1.807) is 0 Å². The molecule has 0 spiro atoms. The first-order chi connectivity index (χ1) is 13.0. The SMILES string of the molecule is CCCCOc1cc(/C=C/[N+](=O)[O-])c([N+](=O)[O-])cc1OCc1ccccc1. The summed E-state index contributed by atoms with van der Waals surface area (Å²) >= 11 is 0. The summed E-state index contributed by atoms with van der Waals surface area (Å²) in [7, 11) is 0. The number of hydrogen-bond acceptors (Lipinski definition) is 6. The van der Waals surface area contributed by atoms with Crippen LogP contribution in [-0.4, -0.2) is 16.5 Å². The van der Waals surface area contributed by atoms with Gasteiger partial charge < -0.3 is 9.47 Å². The van der Waals surface area contributed by atoms with E-state index in [1.807, 2.05) is 37.3 Å². The summed E-state index contributed by atoms with van der Waals surface area (Å²) < 4.78 is 11.4. The highest BCUT2D eigenvalue weighted by atomic mass is 16.6. The molecule has 0 amide bonds. The van der Waals surface area contributed by atoms with Crippen LogP contribution >= 0.6 is 0 Å². The van der Waals surface area contributed by atoms with E-state index in [9.17, 15) is 20.2 Å². The maximum atomic E-state index is 11.4. The van der Waals surface area contributed by atoms with Crippen molar-refractivity contribution in [1.29, 1.82) is 0 Å². The predicted octanol–water partition coefficient (Wildman–Crippen LogP) is 4.60. The number of rotatable bonds is 10. The molecular weight excluding hydrogens is 352 g/mol. The van der Waals surface area contributed by atoms with Gasteiger partial charge in [-0.15, -0.1) is 0 Å². The van der Waals surface area contributed by atoms with Crippen molar-refractivity contribution in [2.24, 2.45) is 0 Å².